The van der Waals surface area contributed by atoms with Gasteiger partial charge in [0.25, 0.3) is 5.91 Å². The number of benzene rings is 2. The van der Waals surface area contributed by atoms with Gasteiger partial charge in [-0.05, 0) is 68.4 Å². The lowest BCUT2D eigenvalue weighted by Gasteiger charge is -2.38. The summed E-state index contributed by atoms with van der Waals surface area (Å²) >= 11 is 0. The Hall–Kier alpha value is -3.06. The summed E-state index contributed by atoms with van der Waals surface area (Å²) < 4.78 is 6.22. The highest BCUT2D eigenvalue weighted by Gasteiger charge is 2.42. The molecule has 7 heteroatoms. The molecule has 33 heavy (non-hydrogen) atoms. The molecule has 0 radical (unpaired) electrons. The van der Waals surface area contributed by atoms with Crippen LogP contribution in [0, 0.1) is 20.8 Å². The van der Waals surface area contributed by atoms with Gasteiger partial charge in [-0.25, -0.2) is 0 Å². The number of ether oxygens (including phenoxy) is 1. The van der Waals surface area contributed by atoms with E-state index in [0.29, 0.717) is 31.7 Å². The van der Waals surface area contributed by atoms with E-state index in [-0.39, 0.29) is 11.7 Å². The molecule has 2 heterocycles. The number of hydrogen-bond acceptors (Lipinski definition) is 5. The minimum absolute atomic E-state index is 0.261. The Labute approximate surface area is 194 Å². The van der Waals surface area contributed by atoms with Gasteiger partial charge in [-0.1, -0.05) is 24.3 Å². The molecule has 0 spiro atoms. The summed E-state index contributed by atoms with van der Waals surface area (Å²) in [7, 11) is 0. The molecule has 0 bridgehead atoms. The maximum absolute atomic E-state index is 13.3. The highest BCUT2D eigenvalue weighted by Crippen LogP contribution is 2.43. The highest BCUT2D eigenvalue weighted by molar-refractivity contribution is 5.92. The van der Waals surface area contributed by atoms with E-state index >= 15 is 0 Å². The van der Waals surface area contributed by atoms with Crippen LogP contribution in [0.4, 0.5) is 0 Å². The van der Waals surface area contributed by atoms with Crippen molar-refractivity contribution in [1.29, 1.82) is 0 Å². The lowest BCUT2D eigenvalue weighted by molar-refractivity contribution is -0.144. The van der Waals surface area contributed by atoms with Crippen LogP contribution in [0.3, 0.4) is 0 Å². The summed E-state index contributed by atoms with van der Waals surface area (Å²) in [6.07, 6.45) is 1.72. The molecule has 176 valence electrons. The Morgan fingerprint density at radius 1 is 1.12 bits per heavy atom. The first-order valence-electron chi connectivity index (χ1n) is 11.4. The number of fused-ring (bicyclic) bond motifs is 2. The lowest BCUT2D eigenvalue weighted by atomic mass is 9.86. The summed E-state index contributed by atoms with van der Waals surface area (Å²) in [5.74, 6) is 0.150. The molecule has 2 aromatic carbocycles. The van der Waals surface area contributed by atoms with Crippen LogP contribution in [-0.2, 0) is 29.0 Å². The molecule has 3 N–H and O–H groups in total. The third-order valence-corrected chi connectivity index (χ3v) is 7.23. The van der Waals surface area contributed by atoms with Crippen LogP contribution in [0.5, 0.6) is 11.5 Å². The van der Waals surface area contributed by atoms with E-state index in [0.717, 1.165) is 34.2 Å². The van der Waals surface area contributed by atoms with Crippen molar-refractivity contribution in [2.45, 2.75) is 65.1 Å². The number of hydrogen-bond donors (Lipinski definition) is 3. The van der Waals surface area contributed by atoms with Gasteiger partial charge in [0.2, 0.25) is 5.91 Å². The second kappa shape index (κ2) is 8.71. The zero-order valence-corrected chi connectivity index (χ0v) is 19.7. The number of nitrogens with one attached hydrogen (secondary N) is 1. The Morgan fingerprint density at radius 2 is 1.82 bits per heavy atom. The molecule has 2 aliphatic heterocycles. The number of aliphatic hydroxyl groups is 1. The first kappa shape index (κ1) is 23.1. The Balaban J connectivity index is 1.50. The molecule has 2 aliphatic rings. The summed E-state index contributed by atoms with van der Waals surface area (Å²) in [6, 6.07) is 6.96. The number of carbonyl (C=O) groups excluding carboxylic acids is 2. The molecule has 7 nitrogen and oxygen atoms in total. The standard InChI is InChI=1S/C26H32N2O5/c1-15-16(2)23-20(17(3)22(15)30)9-11-26(4,33-23)25(32)27-21(14-29)24(31)28-12-10-18-7-5-6-8-19(18)13-28/h5-8,21,29-30H,9-14H2,1-4H3,(H,27,32). The van der Waals surface area contributed by atoms with Gasteiger partial charge in [-0.2, -0.15) is 0 Å². The third-order valence-electron chi connectivity index (χ3n) is 7.23. The van der Waals surface area contributed by atoms with E-state index < -0.39 is 24.2 Å². The van der Waals surface area contributed by atoms with Gasteiger partial charge in [0.05, 0.1) is 6.61 Å². The van der Waals surface area contributed by atoms with Crippen LogP contribution >= 0.6 is 0 Å². The minimum atomic E-state index is -1.18. The van der Waals surface area contributed by atoms with E-state index in [1.807, 2.05) is 39.0 Å². The highest BCUT2D eigenvalue weighted by atomic mass is 16.5. The molecule has 0 saturated carbocycles. The van der Waals surface area contributed by atoms with Crippen molar-refractivity contribution in [3.05, 3.63) is 57.6 Å². The monoisotopic (exact) mass is 452 g/mol. The number of carbonyl (C=O) groups is 2. The Bertz CT molecular complexity index is 1110. The first-order chi connectivity index (χ1) is 15.7. The summed E-state index contributed by atoms with van der Waals surface area (Å²) in [5, 5.41) is 23.0. The van der Waals surface area contributed by atoms with Crippen molar-refractivity contribution in [2.24, 2.45) is 0 Å². The number of phenols is 1. The van der Waals surface area contributed by atoms with Crippen LogP contribution in [0.25, 0.3) is 0 Å². The minimum Gasteiger partial charge on any atom is -0.507 e. The quantitative estimate of drug-likeness (QED) is 0.662. The van der Waals surface area contributed by atoms with Crippen molar-refractivity contribution in [3.63, 3.8) is 0 Å². The zero-order chi connectivity index (χ0) is 23.9. The molecule has 2 unspecified atom stereocenters. The molecule has 0 aromatic heterocycles. The summed E-state index contributed by atoms with van der Waals surface area (Å²) in [6.45, 7) is 7.77. The number of amides is 2. The number of phenolic OH excluding ortho intramolecular Hbond substituents is 1. The van der Waals surface area contributed by atoms with Gasteiger partial charge in [0.15, 0.2) is 5.60 Å². The van der Waals surface area contributed by atoms with Crippen molar-refractivity contribution in [3.8, 4) is 11.5 Å². The lowest BCUT2D eigenvalue weighted by Crippen LogP contribution is -2.58. The predicted octanol–water partition coefficient (Wildman–Crippen LogP) is 2.46. The first-order valence-corrected chi connectivity index (χ1v) is 11.4. The molecule has 0 fully saturated rings. The number of nitrogens with zero attached hydrogens (tertiary/aromatic N) is 1. The number of rotatable bonds is 4. The van der Waals surface area contributed by atoms with E-state index in [1.54, 1.807) is 11.8 Å². The molecule has 2 aromatic rings. The van der Waals surface area contributed by atoms with Crippen molar-refractivity contribution < 1.29 is 24.5 Å². The predicted molar refractivity (Wildman–Crippen MR) is 124 cm³/mol. The SMILES string of the molecule is Cc1c(C)c2c(c(C)c1O)CCC(C)(C(=O)NC(CO)C(=O)N1CCc3ccccc3C1)O2. The summed E-state index contributed by atoms with van der Waals surface area (Å²) in [4.78, 5) is 28.1. The molecular formula is C26H32N2O5. The maximum Gasteiger partial charge on any atom is 0.264 e. The zero-order valence-electron chi connectivity index (χ0n) is 19.7. The maximum atomic E-state index is 13.3. The molecule has 0 saturated heterocycles. The van der Waals surface area contributed by atoms with Crippen LogP contribution < -0.4 is 10.1 Å². The second-order valence-electron chi connectivity index (χ2n) is 9.35. The Kier molecular flexibility index (Phi) is 6.10. The van der Waals surface area contributed by atoms with Crippen LogP contribution in [-0.4, -0.2) is 51.7 Å². The third kappa shape index (κ3) is 4.06. The largest absolute Gasteiger partial charge is 0.507 e. The van der Waals surface area contributed by atoms with Crippen molar-refractivity contribution in [1.82, 2.24) is 10.2 Å². The van der Waals surface area contributed by atoms with E-state index in [1.165, 1.54) is 5.56 Å². The van der Waals surface area contributed by atoms with Crippen molar-refractivity contribution >= 4 is 11.8 Å². The van der Waals surface area contributed by atoms with E-state index in [2.05, 4.69) is 11.4 Å². The molecule has 0 aliphatic carbocycles. The van der Waals surface area contributed by atoms with Gasteiger partial charge >= 0.3 is 0 Å². The molecule has 2 atom stereocenters. The fourth-order valence-corrected chi connectivity index (χ4v) is 4.81. The molecule has 4 rings (SSSR count). The van der Waals surface area contributed by atoms with Gasteiger partial charge in [0, 0.05) is 25.1 Å². The molecular weight excluding hydrogens is 420 g/mol. The van der Waals surface area contributed by atoms with Crippen LogP contribution in [0.2, 0.25) is 0 Å². The normalized spacial score (nSPS) is 20.3. The van der Waals surface area contributed by atoms with Gasteiger partial charge < -0.3 is 25.2 Å². The fourth-order valence-electron chi connectivity index (χ4n) is 4.81. The van der Waals surface area contributed by atoms with Gasteiger partial charge in [-0.3, -0.25) is 9.59 Å². The number of aliphatic hydroxyl groups excluding tert-OH is 1. The van der Waals surface area contributed by atoms with Crippen LogP contribution in [0.1, 0.15) is 46.7 Å². The summed E-state index contributed by atoms with van der Waals surface area (Å²) in [5.41, 5.74) is 4.32. The number of aromatic hydroxyl groups is 1. The van der Waals surface area contributed by atoms with Gasteiger partial charge in [-0.15, -0.1) is 0 Å². The molecule has 2 amide bonds. The second-order valence-corrected chi connectivity index (χ2v) is 9.35. The van der Waals surface area contributed by atoms with Crippen LogP contribution in [0.15, 0.2) is 24.3 Å². The average Bonchev–Trinajstić information content (AvgIpc) is 2.83. The Morgan fingerprint density at radius 3 is 2.52 bits per heavy atom. The van der Waals surface area contributed by atoms with E-state index in [4.69, 9.17) is 4.74 Å². The van der Waals surface area contributed by atoms with E-state index in [9.17, 15) is 19.8 Å². The van der Waals surface area contributed by atoms with Gasteiger partial charge in [0.1, 0.15) is 17.5 Å². The van der Waals surface area contributed by atoms with Crippen molar-refractivity contribution in [2.75, 3.05) is 13.2 Å². The smallest absolute Gasteiger partial charge is 0.264 e. The fraction of sp³-hybridized carbons (Fsp3) is 0.462. The average molecular weight is 453 g/mol. The topological polar surface area (TPSA) is 99.1 Å².